The molecule has 134 valence electrons. The zero-order valence-corrected chi connectivity index (χ0v) is 15.1. The Hall–Kier alpha value is -1.89. The van der Waals surface area contributed by atoms with Gasteiger partial charge < -0.3 is 16.0 Å². The highest BCUT2D eigenvalue weighted by molar-refractivity contribution is 5.93. The van der Waals surface area contributed by atoms with Crippen LogP contribution in [0.3, 0.4) is 0 Å². The standard InChI is InChI=1S/C17H29N5O2/c1-17(2,3)14-10-13(21(4)20-14)16(24)22-9-5-6-12(11-22)15(23)19-8-7-18/h10,12H,5-9,11,18H2,1-4H3,(H,19,23). The van der Waals surface area contributed by atoms with Gasteiger partial charge in [0.25, 0.3) is 5.91 Å². The highest BCUT2D eigenvalue weighted by Gasteiger charge is 2.31. The van der Waals surface area contributed by atoms with E-state index in [0.29, 0.717) is 31.9 Å². The minimum atomic E-state index is -0.162. The minimum absolute atomic E-state index is 0.0154. The Bertz CT molecular complexity index is 603. The van der Waals surface area contributed by atoms with Crippen molar-refractivity contribution >= 4 is 11.8 Å². The first-order valence-electron chi connectivity index (χ1n) is 8.55. The van der Waals surface area contributed by atoms with E-state index in [-0.39, 0.29) is 23.1 Å². The molecule has 0 spiro atoms. The van der Waals surface area contributed by atoms with Gasteiger partial charge in [-0.3, -0.25) is 14.3 Å². The van der Waals surface area contributed by atoms with Gasteiger partial charge in [0.15, 0.2) is 0 Å². The molecule has 0 saturated carbocycles. The molecule has 0 radical (unpaired) electrons. The van der Waals surface area contributed by atoms with Crippen molar-refractivity contribution in [2.24, 2.45) is 18.7 Å². The molecule has 1 saturated heterocycles. The lowest BCUT2D eigenvalue weighted by atomic mass is 9.92. The molecule has 2 heterocycles. The van der Waals surface area contributed by atoms with Crippen molar-refractivity contribution in [3.63, 3.8) is 0 Å². The lowest BCUT2D eigenvalue weighted by Gasteiger charge is -2.32. The summed E-state index contributed by atoms with van der Waals surface area (Å²) in [6, 6.07) is 1.86. The number of aryl methyl sites for hydroxylation is 1. The Morgan fingerprint density at radius 2 is 2.12 bits per heavy atom. The minimum Gasteiger partial charge on any atom is -0.355 e. The van der Waals surface area contributed by atoms with Crippen molar-refractivity contribution in [1.29, 1.82) is 0 Å². The molecule has 2 rings (SSSR count). The van der Waals surface area contributed by atoms with Crippen LogP contribution >= 0.6 is 0 Å². The summed E-state index contributed by atoms with van der Waals surface area (Å²) in [5.74, 6) is -0.236. The van der Waals surface area contributed by atoms with Crippen molar-refractivity contribution in [2.45, 2.75) is 39.0 Å². The first-order valence-corrected chi connectivity index (χ1v) is 8.55. The molecule has 7 nitrogen and oxygen atoms in total. The van der Waals surface area contributed by atoms with Crippen molar-refractivity contribution in [3.8, 4) is 0 Å². The van der Waals surface area contributed by atoms with Gasteiger partial charge in [-0.2, -0.15) is 5.10 Å². The third-order valence-corrected chi connectivity index (χ3v) is 4.39. The van der Waals surface area contributed by atoms with E-state index in [4.69, 9.17) is 5.73 Å². The number of rotatable bonds is 4. The second-order valence-corrected chi connectivity index (χ2v) is 7.46. The second-order valence-electron chi connectivity index (χ2n) is 7.46. The quantitative estimate of drug-likeness (QED) is 0.844. The van der Waals surface area contributed by atoms with Crippen LogP contribution in [0, 0.1) is 5.92 Å². The predicted molar refractivity (Wildman–Crippen MR) is 92.6 cm³/mol. The summed E-state index contributed by atoms with van der Waals surface area (Å²) in [7, 11) is 1.79. The van der Waals surface area contributed by atoms with Crippen LogP contribution in [0.5, 0.6) is 0 Å². The van der Waals surface area contributed by atoms with E-state index in [1.807, 2.05) is 6.07 Å². The van der Waals surface area contributed by atoms with Crippen LogP contribution < -0.4 is 11.1 Å². The number of nitrogens with two attached hydrogens (primary N) is 1. The maximum Gasteiger partial charge on any atom is 0.272 e. The predicted octanol–water partition coefficient (Wildman–Crippen LogP) is 0.645. The Balaban J connectivity index is 2.09. The van der Waals surface area contributed by atoms with Crippen molar-refractivity contribution in [2.75, 3.05) is 26.2 Å². The van der Waals surface area contributed by atoms with Crippen molar-refractivity contribution in [3.05, 3.63) is 17.5 Å². The smallest absolute Gasteiger partial charge is 0.272 e. The van der Waals surface area contributed by atoms with E-state index >= 15 is 0 Å². The van der Waals surface area contributed by atoms with Crippen LogP contribution in [-0.4, -0.2) is 52.7 Å². The van der Waals surface area contributed by atoms with Gasteiger partial charge in [-0.15, -0.1) is 0 Å². The molecule has 2 amide bonds. The Labute approximate surface area is 143 Å². The molecule has 24 heavy (non-hydrogen) atoms. The average Bonchev–Trinajstić information content (AvgIpc) is 2.94. The summed E-state index contributed by atoms with van der Waals surface area (Å²) < 4.78 is 1.64. The molecular formula is C17H29N5O2. The number of likely N-dealkylation sites (tertiary alicyclic amines) is 1. The number of nitrogens with zero attached hydrogens (tertiary/aromatic N) is 3. The van der Waals surface area contributed by atoms with Crippen LogP contribution in [0.15, 0.2) is 6.07 Å². The topological polar surface area (TPSA) is 93.2 Å². The number of piperidine rings is 1. The molecule has 1 fully saturated rings. The fourth-order valence-electron chi connectivity index (χ4n) is 2.91. The molecule has 1 atom stereocenters. The zero-order chi connectivity index (χ0) is 17.9. The summed E-state index contributed by atoms with van der Waals surface area (Å²) in [6.07, 6.45) is 1.63. The van der Waals surface area contributed by atoms with E-state index in [1.165, 1.54) is 0 Å². The van der Waals surface area contributed by atoms with Crippen molar-refractivity contribution < 1.29 is 9.59 Å². The summed E-state index contributed by atoms with van der Waals surface area (Å²) in [4.78, 5) is 26.8. The second kappa shape index (κ2) is 7.34. The number of aromatic nitrogens is 2. The lowest BCUT2D eigenvalue weighted by Crippen LogP contribution is -2.46. The van der Waals surface area contributed by atoms with Crippen LogP contribution in [0.25, 0.3) is 0 Å². The molecule has 1 aliphatic heterocycles. The van der Waals surface area contributed by atoms with E-state index < -0.39 is 0 Å². The maximum atomic E-state index is 12.9. The van der Waals surface area contributed by atoms with Gasteiger partial charge in [-0.1, -0.05) is 20.8 Å². The third kappa shape index (κ3) is 4.14. The summed E-state index contributed by atoms with van der Waals surface area (Å²) in [5, 5.41) is 7.29. The summed E-state index contributed by atoms with van der Waals surface area (Å²) in [5.41, 5.74) is 6.78. The summed E-state index contributed by atoms with van der Waals surface area (Å²) in [6.45, 7) is 8.24. The molecule has 3 N–H and O–H groups in total. The molecule has 0 bridgehead atoms. The molecule has 1 aliphatic rings. The van der Waals surface area contributed by atoms with E-state index in [9.17, 15) is 9.59 Å². The number of nitrogens with one attached hydrogen (secondary N) is 1. The van der Waals surface area contributed by atoms with Gasteiger partial charge >= 0.3 is 0 Å². The van der Waals surface area contributed by atoms with Crippen molar-refractivity contribution in [1.82, 2.24) is 20.0 Å². The maximum absolute atomic E-state index is 12.9. The average molecular weight is 335 g/mol. The number of hydrogen-bond acceptors (Lipinski definition) is 4. The number of carbonyl (C=O) groups is 2. The first-order chi connectivity index (χ1) is 11.2. The zero-order valence-electron chi connectivity index (χ0n) is 15.1. The highest BCUT2D eigenvalue weighted by atomic mass is 16.2. The Morgan fingerprint density at radius 3 is 2.71 bits per heavy atom. The highest BCUT2D eigenvalue weighted by Crippen LogP contribution is 2.23. The number of hydrogen-bond donors (Lipinski definition) is 2. The van der Waals surface area contributed by atoms with Crippen LogP contribution in [0.4, 0.5) is 0 Å². The fourth-order valence-corrected chi connectivity index (χ4v) is 2.91. The molecule has 1 aromatic heterocycles. The van der Waals surface area contributed by atoms with Gasteiger partial charge in [0.1, 0.15) is 5.69 Å². The lowest BCUT2D eigenvalue weighted by molar-refractivity contribution is -0.126. The van der Waals surface area contributed by atoms with Gasteiger partial charge in [-0.25, -0.2) is 0 Å². The SMILES string of the molecule is Cn1nc(C(C)(C)C)cc1C(=O)N1CCCC(C(=O)NCCN)C1. The largest absolute Gasteiger partial charge is 0.355 e. The van der Waals surface area contributed by atoms with Crippen LogP contribution in [0.1, 0.15) is 49.8 Å². The van der Waals surface area contributed by atoms with Gasteiger partial charge in [0.05, 0.1) is 11.6 Å². The molecule has 7 heteroatoms. The molecule has 1 aromatic rings. The van der Waals surface area contributed by atoms with Gasteiger partial charge in [0, 0.05) is 38.6 Å². The monoisotopic (exact) mass is 335 g/mol. The van der Waals surface area contributed by atoms with E-state index in [2.05, 4.69) is 31.2 Å². The fraction of sp³-hybridized carbons (Fsp3) is 0.706. The van der Waals surface area contributed by atoms with E-state index in [1.54, 1.807) is 16.6 Å². The number of amides is 2. The Morgan fingerprint density at radius 1 is 1.42 bits per heavy atom. The van der Waals surface area contributed by atoms with Crippen LogP contribution in [-0.2, 0) is 17.3 Å². The Kier molecular flexibility index (Phi) is 5.64. The van der Waals surface area contributed by atoms with Crippen LogP contribution in [0.2, 0.25) is 0 Å². The third-order valence-electron chi connectivity index (χ3n) is 4.39. The normalized spacial score (nSPS) is 18.5. The molecule has 1 unspecified atom stereocenters. The van der Waals surface area contributed by atoms with Gasteiger partial charge in [-0.05, 0) is 18.9 Å². The first kappa shape index (κ1) is 18.4. The molecule has 0 aromatic carbocycles. The van der Waals surface area contributed by atoms with E-state index in [0.717, 1.165) is 18.5 Å². The molecular weight excluding hydrogens is 306 g/mol. The number of carbonyl (C=O) groups excluding carboxylic acids is 2. The summed E-state index contributed by atoms with van der Waals surface area (Å²) >= 11 is 0. The molecule has 0 aliphatic carbocycles. The van der Waals surface area contributed by atoms with Gasteiger partial charge in [0.2, 0.25) is 5.91 Å².